The first kappa shape index (κ1) is 28.3. The van der Waals surface area contributed by atoms with Crippen LogP contribution in [-0.4, -0.2) is 57.4 Å². The minimum absolute atomic E-state index is 0.0667. The number of ether oxygens (including phenoxy) is 3. The predicted octanol–water partition coefficient (Wildman–Crippen LogP) is 2.96. The zero-order chi connectivity index (χ0) is 26.9. The van der Waals surface area contributed by atoms with Gasteiger partial charge in [-0.25, -0.2) is 19.1 Å². The third-order valence-electron chi connectivity index (χ3n) is 4.31. The second kappa shape index (κ2) is 12.2. The number of amides is 2. The molecule has 0 aliphatic rings. The van der Waals surface area contributed by atoms with Gasteiger partial charge in [0.15, 0.2) is 0 Å². The van der Waals surface area contributed by atoms with Gasteiger partial charge >= 0.3 is 18.2 Å². The highest BCUT2D eigenvalue weighted by atomic mass is 16.6. The van der Waals surface area contributed by atoms with E-state index < -0.39 is 47.9 Å². The zero-order valence-electron chi connectivity index (χ0n) is 21.5. The largest absolute Gasteiger partial charge is 0.460 e. The van der Waals surface area contributed by atoms with Crippen LogP contribution in [-0.2, 0) is 36.8 Å². The summed E-state index contributed by atoms with van der Waals surface area (Å²) in [4.78, 5) is 53.6. The average Bonchev–Trinajstić information content (AvgIpc) is 3.22. The summed E-state index contributed by atoms with van der Waals surface area (Å²) in [5.74, 6) is -1.29. The molecule has 0 fully saturated rings. The summed E-state index contributed by atoms with van der Waals surface area (Å²) in [6.45, 7) is 9.94. The number of alkyl carbamates (subject to hydrolysis) is 1. The summed E-state index contributed by atoms with van der Waals surface area (Å²) >= 11 is 0. The lowest BCUT2D eigenvalue weighted by molar-refractivity contribution is -0.145. The third-order valence-corrected chi connectivity index (χ3v) is 4.31. The fraction of sp³-hybridized carbons (Fsp3) is 0.480. The minimum atomic E-state index is -1.14. The highest BCUT2D eigenvalue weighted by Crippen LogP contribution is 2.11. The van der Waals surface area contributed by atoms with Crippen LogP contribution >= 0.6 is 0 Å². The van der Waals surface area contributed by atoms with Crippen LogP contribution in [0.4, 0.5) is 9.59 Å². The first-order valence-corrected chi connectivity index (χ1v) is 11.4. The molecule has 0 bridgehead atoms. The lowest BCUT2D eigenvalue weighted by Gasteiger charge is -2.23. The van der Waals surface area contributed by atoms with Crippen LogP contribution < -0.4 is 10.6 Å². The Kier molecular flexibility index (Phi) is 9.60. The molecular formula is C25H34N4O7. The highest BCUT2D eigenvalue weighted by molar-refractivity contribution is 5.88. The van der Waals surface area contributed by atoms with Gasteiger partial charge in [0.2, 0.25) is 5.91 Å². The van der Waals surface area contributed by atoms with Crippen molar-refractivity contribution >= 4 is 24.1 Å². The fourth-order valence-electron chi connectivity index (χ4n) is 2.82. The Morgan fingerprint density at radius 3 is 2.22 bits per heavy atom. The van der Waals surface area contributed by atoms with Crippen molar-refractivity contribution in [3.05, 3.63) is 54.1 Å². The molecule has 0 saturated heterocycles. The van der Waals surface area contributed by atoms with Crippen molar-refractivity contribution in [1.29, 1.82) is 0 Å². The lowest BCUT2D eigenvalue weighted by atomic mass is 10.1. The fourth-order valence-corrected chi connectivity index (χ4v) is 2.82. The van der Waals surface area contributed by atoms with Crippen LogP contribution in [0, 0.1) is 0 Å². The topological polar surface area (TPSA) is 138 Å². The molecule has 0 saturated carbocycles. The number of nitrogens with zero attached hydrogens (tertiary/aromatic N) is 2. The Labute approximate surface area is 210 Å². The smallest absolute Gasteiger partial charge is 0.419 e. The molecule has 0 aliphatic carbocycles. The van der Waals surface area contributed by atoms with Crippen LogP contribution in [0.5, 0.6) is 0 Å². The van der Waals surface area contributed by atoms with E-state index in [1.165, 1.54) is 12.5 Å². The minimum Gasteiger partial charge on any atom is -0.460 e. The predicted molar refractivity (Wildman–Crippen MR) is 130 cm³/mol. The molecular weight excluding hydrogens is 468 g/mol. The summed E-state index contributed by atoms with van der Waals surface area (Å²) in [6.07, 6.45) is 1.14. The number of carbonyl (C=O) groups excluding carboxylic acids is 4. The van der Waals surface area contributed by atoms with E-state index in [9.17, 15) is 19.2 Å². The molecule has 11 heteroatoms. The molecule has 2 aromatic rings. The van der Waals surface area contributed by atoms with Gasteiger partial charge in [-0.05, 0) is 47.1 Å². The summed E-state index contributed by atoms with van der Waals surface area (Å²) in [5, 5.41) is 4.95. The summed E-state index contributed by atoms with van der Waals surface area (Å²) < 4.78 is 16.8. The van der Waals surface area contributed by atoms with Gasteiger partial charge in [0.05, 0.1) is 5.69 Å². The van der Waals surface area contributed by atoms with Crippen molar-refractivity contribution in [3.63, 3.8) is 0 Å². The Morgan fingerprint density at radius 1 is 0.972 bits per heavy atom. The molecule has 2 N–H and O–H groups in total. The van der Waals surface area contributed by atoms with Crippen LogP contribution in [0.15, 0.2) is 42.9 Å². The van der Waals surface area contributed by atoms with Crippen molar-refractivity contribution in [2.45, 2.75) is 71.8 Å². The molecule has 1 unspecified atom stereocenters. The van der Waals surface area contributed by atoms with Crippen LogP contribution in [0.25, 0.3) is 0 Å². The van der Waals surface area contributed by atoms with Crippen molar-refractivity contribution in [2.24, 2.45) is 0 Å². The first-order chi connectivity index (χ1) is 16.7. The Morgan fingerprint density at radius 2 is 1.61 bits per heavy atom. The van der Waals surface area contributed by atoms with Crippen LogP contribution in [0.2, 0.25) is 0 Å². The molecule has 36 heavy (non-hydrogen) atoms. The van der Waals surface area contributed by atoms with E-state index in [-0.39, 0.29) is 13.0 Å². The maximum atomic E-state index is 12.8. The van der Waals surface area contributed by atoms with Gasteiger partial charge in [0.25, 0.3) is 0 Å². The van der Waals surface area contributed by atoms with E-state index in [0.29, 0.717) is 5.69 Å². The highest BCUT2D eigenvalue weighted by Gasteiger charge is 2.26. The van der Waals surface area contributed by atoms with E-state index >= 15 is 0 Å². The van der Waals surface area contributed by atoms with Crippen molar-refractivity contribution < 1.29 is 33.4 Å². The summed E-state index contributed by atoms with van der Waals surface area (Å²) in [6, 6.07) is 7.97. The number of esters is 1. The number of hydrogen-bond donors (Lipinski definition) is 2. The molecule has 0 spiro atoms. The van der Waals surface area contributed by atoms with E-state index in [2.05, 4.69) is 15.6 Å². The second-order valence-electron chi connectivity index (χ2n) is 10.0. The SMILES string of the molecule is CC(C)(C)OC(=O)NC(Cc1cn(C(=O)OC(C)(C)C)cn1)C(=O)NCC(=O)OCc1ccccc1. The molecule has 2 amide bonds. The zero-order valence-corrected chi connectivity index (χ0v) is 21.5. The van der Waals surface area contributed by atoms with Crippen molar-refractivity contribution in [3.8, 4) is 0 Å². The Balaban J connectivity index is 2.02. The Hall–Kier alpha value is -3.89. The molecule has 1 atom stereocenters. The van der Waals surface area contributed by atoms with E-state index in [4.69, 9.17) is 14.2 Å². The molecule has 196 valence electrons. The monoisotopic (exact) mass is 502 g/mol. The molecule has 0 radical (unpaired) electrons. The number of hydrogen-bond acceptors (Lipinski definition) is 8. The van der Waals surface area contributed by atoms with Gasteiger partial charge in [-0.3, -0.25) is 9.59 Å². The number of nitrogens with one attached hydrogen (secondary N) is 2. The van der Waals surface area contributed by atoms with E-state index in [0.717, 1.165) is 10.1 Å². The van der Waals surface area contributed by atoms with Gasteiger partial charge in [0, 0.05) is 12.6 Å². The molecule has 0 aliphatic heterocycles. The van der Waals surface area contributed by atoms with Gasteiger partial charge in [-0.1, -0.05) is 30.3 Å². The van der Waals surface area contributed by atoms with Crippen molar-refractivity contribution in [1.82, 2.24) is 20.2 Å². The quantitative estimate of drug-likeness (QED) is 0.415. The second-order valence-corrected chi connectivity index (χ2v) is 10.0. The number of carbonyl (C=O) groups is 4. The lowest BCUT2D eigenvalue weighted by Crippen LogP contribution is -2.50. The number of imidazole rings is 1. The van der Waals surface area contributed by atoms with Gasteiger partial charge in [-0.2, -0.15) is 0 Å². The number of benzene rings is 1. The van der Waals surface area contributed by atoms with Gasteiger partial charge in [-0.15, -0.1) is 0 Å². The first-order valence-electron chi connectivity index (χ1n) is 11.4. The normalized spacial score (nSPS) is 12.3. The van der Waals surface area contributed by atoms with E-state index in [1.54, 1.807) is 41.5 Å². The molecule has 1 aromatic heterocycles. The molecule has 1 heterocycles. The molecule has 1 aromatic carbocycles. The van der Waals surface area contributed by atoms with Crippen molar-refractivity contribution in [2.75, 3.05) is 6.54 Å². The molecule has 2 rings (SSSR count). The summed E-state index contributed by atoms with van der Waals surface area (Å²) in [7, 11) is 0. The van der Waals surface area contributed by atoms with Crippen LogP contribution in [0.1, 0.15) is 52.8 Å². The van der Waals surface area contributed by atoms with Gasteiger partial charge in [0.1, 0.15) is 36.7 Å². The number of aromatic nitrogens is 2. The maximum Gasteiger partial charge on any atom is 0.419 e. The maximum absolute atomic E-state index is 12.8. The standard InChI is InChI=1S/C25H34N4O7/c1-24(2,3)35-22(32)28-19(12-18-14-29(16-27-18)23(33)36-25(4,5)6)21(31)26-13-20(30)34-15-17-10-8-7-9-11-17/h7-11,14,16,19H,12-13,15H2,1-6H3,(H,26,31)(H,28,32). The molecule has 11 nitrogen and oxygen atoms in total. The average molecular weight is 503 g/mol. The number of rotatable bonds is 8. The van der Waals surface area contributed by atoms with Crippen LogP contribution in [0.3, 0.4) is 0 Å². The van der Waals surface area contributed by atoms with E-state index in [1.807, 2.05) is 30.3 Å². The summed E-state index contributed by atoms with van der Waals surface area (Å²) in [5.41, 5.74) is -0.340. The Bertz CT molecular complexity index is 1050. The van der Waals surface area contributed by atoms with Gasteiger partial charge < -0.3 is 24.8 Å². The third kappa shape index (κ3) is 10.6.